The third-order valence-corrected chi connectivity index (χ3v) is 5.31. The van der Waals surface area contributed by atoms with Gasteiger partial charge in [-0.15, -0.1) is 11.8 Å². The number of rotatable bonds is 7. The average Bonchev–Trinajstić information content (AvgIpc) is 2.80. The van der Waals surface area contributed by atoms with Gasteiger partial charge in [-0.05, 0) is 27.1 Å². The van der Waals surface area contributed by atoms with E-state index in [1.165, 1.54) is 28.8 Å². The molecule has 1 saturated heterocycles. The van der Waals surface area contributed by atoms with Crippen molar-refractivity contribution in [3.8, 4) is 0 Å². The predicted molar refractivity (Wildman–Crippen MR) is 94.0 cm³/mol. The van der Waals surface area contributed by atoms with Gasteiger partial charge < -0.3 is 15.1 Å². The Kier molecular flexibility index (Phi) is 6.78. The SMILES string of the molecule is C[C@@H]1S[C@@H](c2ccc(F)cc2F)N(CCC(=O)NCCN(C)C)C1=O. The van der Waals surface area contributed by atoms with E-state index in [1.807, 2.05) is 19.0 Å². The van der Waals surface area contributed by atoms with E-state index in [-0.39, 0.29) is 35.6 Å². The Balaban J connectivity index is 2.01. The van der Waals surface area contributed by atoms with Gasteiger partial charge in [-0.3, -0.25) is 9.59 Å². The first-order valence-electron chi connectivity index (χ1n) is 8.12. The number of carbonyl (C=O) groups is 2. The van der Waals surface area contributed by atoms with Gasteiger partial charge in [0.2, 0.25) is 11.8 Å². The standard InChI is InChI=1S/C17H23F2N3O2S/c1-11-16(24)22(8-6-15(23)20-7-9-21(2)3)17(25-11)13-5-4-12(18)10-14(13)19/h4-5,10-11,17H,6-9H2,1-3H3,(H,20,23)/t11-,17-/m0/s1. The van der Waals surface area contributed by atoms with Crippen LogP contribution in [0.5, 0.6) is 0 Å². The van der Waals surface area contributed by atoms with Crippen LogP contribution < -0.4 is 5.32 Å². The van der Waals surface area contributed by atoms with Gasteiger partial charge in [0.25, 0.3) is 0 Å². The van der Waals surface area contributed by atoms with Gasteiger partial charge in [-0.2, -0.15) is 0 Å². The van der Waals surface area contributed by atoms with Crippen LogP contribution in [-0.2, 0) is 9.59 Å². The van der Waals surface area contributed by atoms with Crippen molar-refractivity contribution in [1.29, 1.82) is 0 Å². The zero-order chi connectivity index (χ0) is 18.6. The van der Waals surface area contributed by atoms with Crippen LogP contribution >= 0.6 is 11.8 Å². The van der Waals surface area contributed by atoms with E-state index in [4.69, 9.17) is 0 Å². The summed E-state index contributed by atoms with van der Waals surface area (Å²) in [6.45, 7) is 3.20. The molecule has 2 atom stereocenters. The van der Waals surface area contributed by atoms with Crippen LogP contribution in [0.1, 0.15) is 24.3 Å². The van der Waals surface area contributed by atoms with Crippen LogP contribution in [0.25, 0.3) is 0 Å². The van der Waals surface area contributed by atoms with Crippen LogP contribution in [0.2, 0.25) is 0 Å². The summed E-state index contributed by atoms with van der Waals surface area (Å²) in [5, 5.41) is 1.92. The summed E-state index contributed by atoms with van der Waals surface area (Å²) in [6, 6.07) is 3.35. The lowest BCUT2D eigenvalue weighted by atomic mass is 10.1. The molecule has 2 rings (SSSR count). The van der Waals surface area contributed by atoms with Gasteiger partial charge in [0, 0.05) is 37.7 Å². The van der Waals surface area contributed by atoms with Crippen molar-refractivity contribution < 1.29 is 18.4 Å². The van der Waals surface area contributed by atoms with Crippen molar-refractivity contribution in [2.75, 3.05) is 33.7 Å². The molecule has 0 spiro atoms. The van der Waals surface area contributed by atoms with Gasteiger partial charge in [-0.1, -0.05) is 6.07 Å². The number of amides is 2. The first kappa shape index (κ1) is 19.7. The number of nitrogens with one attached hydrogen (secondary N) is 1. The van der Waals surface area contributed by atoms with Crippen LogP contribution in [0.15, 0.2) is 18.2 Å². The van der Waals surface area contributed by atoms with Crippen LogP contribution in [0.3, 0.4) is 0 Å². The lowest BCUT2D eigenvalue weighted by molar-refractivity contribution is -0.130. The second-order valence-corrected chi connectivity index (χ2v) is 7.66. The van der Waals surface area contributed by atoms with Gasteiger partial charge in [0.05, 0.1) is 5.25 Å². The smallest absolute Gasteiger partial charge is 0.236 e. The van der Waals surface area contributed by atoms with Gasteiger partial charge in [0.15, 0.2) is 0 Å². The highest BCUT2D eigenvalue weighted by Crippen LogP contribution is 2.43. The van der Waals surface area contributed by atoms with E-state index >= 15 is 0 Å². The molecule has 0 saturated carbocycles. The zero-order valence-electron chi connectivity index (χ0n) is 14.6. The van der Waals surface area contributed by atoms with Crippen LogP contribution in [0, 0.1) is 11.6 Å². The molecule has 0 bridgehead atoms. The Hall–Kier alpha value is -1.67. The number of nitrogens with zero attached hydrogens (tertiary/aromatic N) is 2. The van der Waals surface area contributed by atoms with E-state index in [2.05, 4.69) is 5.32 Å². The molecule has 1 aliphatic heterocycles. The van der Waals surface area contributed by atoms with Gasteiger partial charge in [0.1, 0.15) is 17.0 Å². The first-order chi connectivity index (χ1) is 11.8. The number of hydrogen-bond acceptors (Lipinski definition) is 4. The number of likely N-dealkylation sites (N-methyl/N-ethyl adjacent to an activating group) is 1. The molecule has 1 N–H and O–H groups in total. The van der Waals surface area contributed by atoms with Crippen LogP contribution in [-0.4, -0.2) is 60.6 Å². The Morgan fingerprint density at radius 2 is 2.08 bits per heavy atom. The van der Waals surface area contributed by atoms with Crippen molar-refractivity contribution in [3.05, 3.63) is 35.4 Å². The zero-order valence-corrected chi connectivity index (χ0v) is 15.4. The molecule has 138 valence electrons. The molecule has 1 aromatic rings. The molecule has 0 aliphatic carbocycles. The number of thioether (sulfide) groups is 1. The maximum Gasteiger partial charge on any atom is 0.236 e. The minimum atomic E-state index is -0.681. The average molecular weight is 371 g/mol. The summed E-state index contributed by atoms with van der Waals surface area (Å²) in [4.78, 5) is 27.7. The van der Waals surface area contributed by atoms with Crippen LogP contribution in [0.4, 0.5) is 8.78 Å². The van der Waals surface area contributed by atoms with Crippen molar-refractivity contribution in [2.24, 2.45) is 0 Å². The Morgan fingerprint density at radius 1 is 1.36 bits per heavy atom. The fourth-order valence-corrected chi connectivity index (χ4v) is 3.91. The fourth-order valence-electron chi connectivity index (χ4n) is 2.57. The third kappa shape index (κ3) is 5.15. The summed E-state index contributed by atoms with van der Waals surface area (Å²) < 4.78 is 27.2. The summed E-state index contributed by atoms with van der Waals surface area (Å²) >= 11 is 1.30. The fraction of sp³-hybridized carbons (Fsp3) is 0.529. The molecule has 1 heterocycles. The molecule has 25 heavy (non-hydrogen) atoms. The van der Waals surface area contributed by atoms with E-state index < -0.39 is 17.0 Å². The Labute approximate surface area is 150 Å². The summed E-state index contributed by atoms with van der Waals surface area (Å²) in [6.07, 6.45) is 0.145. The topological polar surface area (TPSA) is 52.7 Å². The molecule has 1 aromatic carbocycles. The van der Waals surface area contributed by atoms with Crippen molar-refractivity contribution in [3.63, 3.8) is 0 Å². The minimum absolute atomic E-state index is 0.139. The van der Waals surface area contributed by atoms with E-state index in [9.17, 15) is 18.4 Å². The van der Waals surface area contributed by atoms with Gasteiger partial charge >= 0.3 is 0 Å². The summed E-state index contributed by atoms with van der Waals surface area (Å²) in [5.41, 5.74) is 0.261. The number of halogens is 2. The predicted octanol–water partition coefficient (Wildman–Crippen LogP) is 2.00. The number of carbonyl (C=O) groups excluding carboxylic acids is 2. The summed E-state index contributed by atoms with van der Waals surface area (Å²) in [7, 11) is 3.82. The maximum atomic E-state index is 14.1. The Morgan fingerprint density at radius 3 is 2.72 bits per heavy atom. The molecule has 1 fully saturated rings. The highest BCUT2D eigenvalue weighted by molar-refractivity contribution is 8.01. The number of benzene rings is 1. The second-order valence-electron chi connectivity index (χ2n) is 6.23. The largest absolute Gasteiger partial charge is 0.355 e. The molecular weight excluding hydrogens is 348 g/mol. The summed E-state index contributed by atoms with van der Waals surface area (Å²) in [5.74, 6) is -1.63. The lowest BCUT2D eigenvalue weighted by Gasteiger charge is -2.24. The van der Waals surface area contributed by atoms with Crippen molar-refractivity contribution in [2.45, 2.75) is 24.0 Å². The molecule has 2 amide bonds. The van der Waals surface area contributed by atoms with E-state index in [1.54, 1.807) is 6.92 Å². The van der Waals surface area contributed by atoms with E-state index in [0.29, 0.717) is 6.54 Å². The molecule has 1 aliphatic rings. The highest BCUT2D eigenvalue weighted by atomic mass is 32.2. The van der Waals surface area contributed by atoms with E-state index in [0.717, 1.165) is 12.6 Å². The second kappa shape index (κ2) is 8.62. The highest BCUT2D eigenvalue weighted by Gasteiger charge is 2.39. The quantitative estimate of drug-likeness (QED) is 0.797. The first-order valence-corrected chi connectivity index (χ1v) is 9.06. The molecule has 0 unspecified atom stereocenters. The molecule has 8 heteroatoms. The minimum Gasteiger partial charge on any atom is -0.355 e. The normalized spacial score (nSPS) is 20.4. The maximum absolute atomic E-state index is 14.1. The monoisotopic (exact) mass is 371 g/mol. The molecule has 0 radical (unpaired) electrons. The Bertz CT molecular complexity index is 642. The van der Waals surface area contributed by atoms with Gasteiger partial charge in [-0.25, -0.2) is 8.78 Å². The van der Waals surface area contributed by atoms with Crippen molar-refractivity contribution >= 4 is 23.6 Å². The number of hydrogen-bond donors (Lipinski definition) is 1. The molecular formula is C17H23F2N3O2S. The van der Waals surface area contributed by atoms with Crippen molar-refractivity contribution in [1.82, 2.24) is 15.1 Å². The molecule has 5 nitrogen and oxygen atoms in total. The lowest BCUT2D eigenvalue weighted by Crippen LogP contribution is -2.36. The molecule has 0 aromatic heterocycles. The third-order valence-electron chi connectivity index (χ3n) is 3.94.